The second-order valence-electron chi connectivity index (χ2n) is 7.09. The van der Waals surface area contributed by atoms with Crippen molar-refractivity contribution in [2.75, 3.05) is 0 Å². The predicted octanol–water partition coefficient (Wildman–Crippen LogP) is 1.34. The number of imide groups is 1. The number of carbonyl (C=O) groups is 3. The summed E-state index contributed by atoms with van der Waals surface area (Å²) in [5.41, 5.74) is 1.39. The van der Waals surface area contributed by atoms with Crippen molar-refractivity contribution >= 4 is 40.3 Å². The lowest BCUT2D eigenvalue weighted by atomic mass is 9.82. The van der Waals surface area contributed by atoms with Crippen LogP contribution in [0.2, 0.25) is 5.02 Å². The summed E-state index contributed by atoms with van der Waals surface area (Å²) in [6.45, 7) is -0.391. The molecule has 1 saturated carbocycles. The number of hydrogen-bond donors (Lipinski definition) is 2. The Morgan fingerprint density at radius 1 is 1.21 bits per heavy atom. The minimum atomic E-state index is -0.930. The number of rotatable bonds is 3. The molecule has 4 rings (SSSR count). The van der Waals surface area contributed by atoms with E-state index in [-0.39, 0.29) is 5.39 Å². The maximum absolute atomic E-state index is 12.7. The van der Waals surface area contributed by atoms with Crippen LogP contribution in [0.1, 0.15) is 32.1 Å². The highest BCUT2D eigenvalue weighted by Gasteiger charge is 2.52. The van der Waals surface area contributed by atoms with Crippen LogP contribution in [0.4, 0.5) is 4.79 Å². The number of benzene rings is 1. The maximum Gasteiger partial charge on any atom is 0.344 e. The molecule has 2 heterocycles. The van der Waals surface area contributed by atoms with Crippen molar-refractivity contribution in [3.8, 4) is 0 Å². The lowest BCUT2D eigenvalue weighted by Crippen LogP contribution is -2.51. The van der Waals surface area contributed by atoms with Crippen LogP contribution in [-0.2, 0) is 16.1 Å². The molecule has 1 aliphatic carbocycles. The summed E-state index contributed by atoms with van der Waals surface area (Å²) in [6, 6.07) is 4.05. The quantitative estimate of drug-likeness (QED) is 0.751. The molecule has 0 radical (unpaired) electrons. The molecule has 1 spiro atoms. The van der Waals surface area contributed by atoms with Crippen LogP contribution < -0.4 is 16.3 Å². The van der Waals surface area contributed by atoms with Gasteiger partial charge in [-0.05, 0) is 31.0 Å². The van der Waals surface area contributed by atoms with Gasteiger partial charge in [-0.1, -0.05) is 30.9 Å². The van der Waals surface area contributed by atoms with E-state index in [9.17, 15) is 19.2 Å². The lowest BCUT2D eigenvalue weighted by molar-refractivity contribution is -0.140. The van der Waals surface area contributed by atoms with E-state index in [4.69, 9.17) is 11.6 Å². The van der Waals surface area contributed by atoms with Crippen molar-refractivity contribution in [1.29, 1.82) is 0 Å². The minimum Gasteiger partial charge on any atom is -0.322 e. The first-order chi connectivity index (χ1) is 13.4. The number of halogens is 1. The number of nitrogens with zero attached hydrogens (tertiary/aromatic N) is 3. The smallest absolute Gasteiger partial charge is 0.322 e. The normalized spacial score (nSPS) is 18.5. The van der Waals surface area contributed by atoms with Crippen molar-refractivity contribution in [3.05, 3.63) is 39.9 Å². The Morgan fingerprint density at radius 2 is 1.96 bits per heavy atom. The fraction of sp³-hybridized carbons (Fsp3) is 0.389. The molecule has 1 aromatic carbocycles. The zero-order valence-electron chi connectivity index (χ0n) is 14.9. The van der Waals surface area contributed by atoms with Crippen molar-refractivity contribution in [3.63, 3.8) is 0 Å². The molecule has 2 aliphatic rings. The first-order valence-corrected chi connectivity index (χ1v) is 9.38. The third-order valence-electron chi connectivity index (χ3n) is 5.21. The zero-order chi connectivity index (χ0) is 19.9. The van der Waals surface area contributed by atoms with Gasteiger partial charge in [0.25, 0.3) is 17.4 Å². The van der Waals surface area contributed by atoms with E-state index in [1.165, 1.54) is 12.4 Å². The molecule has 0 bridgehead atoms. The lowest BCUT2D eigenvalue weighted by Gasteiger charge is -2.30. The van der Waals surface area contributed by atoms with Gasteiger partial charge in [-0.25, -0.2) is 9.78 Å². The van der Waals surface area contributed by atoms with Crippen LogP contribution in [0.3, 0.4) is 0 Å². The molecule has 1 aromatic heterocycles. The van der Waals surface area contributed by atoms with Gasteiger partial charge in [0.2, 0.25) is 0 Å². The maximum atomic E-state index is 12.7. The van der Waals surface area contributed by atoms with E-state index >= 15 is 0 Å². The standard InChI is InChI=1S/C18H18ClN5O4/c19-11-4-5-13-12(8-11)15(26)23(10-20-13)9-14(25)22-24-16(27)18(21-17(24)28)6-2-1-3-7-18/h4-5,8,10H,1-3,6-7,9H2,(H,21,28)(H,22,25). The molecule has 0 unspecified atom stereocenters. The van der Waals surface area contributed by atoms with Gasteiger partial charge in [-0.15, -0.1) is 0 Å². The summed E-state index contributed by atoms with van der Waals surface area (Å²) >= 11 is 5.92. The summed E-state index contributed by atoms with van der Waals surface area (Å²) in [4.78, 5) is 54.0. The molecule has 1 saturated heterocycles. The third-order valence-corrected chi connectivity index (χ3v) is 5.44. The monoisotopic (exact) mass is 403 g/mol. The molecule has 1 aliphatic heterocycles. The Bertz CT molecular complexity index is 1040. The van der Waals surface area contributed by atoms with Gasteiger partial charge in [0.15, 0.2) is 0 Å². The Balaban J connectivity index is 1.51. The molecule has 10 heteroatoms. The van der Waals surface area contributed by atoms with Crippen LogP contribution in [0, 0.1) is 0 Å². The number of aromatic nitrogens is 2. The topological polar surface area (TPSA) is 113 Å². The van der Waals surface area contributed by atoms with Crippen LogP contribution in [0.5, 0.6) is 0 Å². The molecule has 4 amide bonds. The summed E-state index contributed by atoms with van der Waals surface area (Å²) in [5, 5.41) is 4.08. The van der Waals surface area contributed by atoms with Crippen LogP contribution >= 0.6 is 11.6 Å². The highest BCUT2D eigenvalue weighted by molar-refractivity contribution is 6.31. The molecule has 9 nitrogen and oxygen atoms in total. The fourth-order valence-corrected chi connectivity index (χ4v) is 3.95. The van der Waals surface area contributed by atoms with Crippen molar-refractivity contribution < 1.29 is 14.4 Å². The summed E-state index contributed by atoms with van der Waals surface area (Å²) in [7, 11) is 0. The Hall–Kier alpha value is -2.94. The van der Waals surface area contributed by atoms with Gasteiger partial charge in [0.05, 0.1) is 17.2 Å². The Labute approximate surface area is 164 Å². The minimum absolute atomic E-state index is 0.277. The molecule has 2 fully saturated rings. The second-order valence-corrected chi connectivity index (χ2v) is 7.52. The SMILES string of the molecule is O=C(Cn1cnc2ccc(Cl)cc2c1=O)NN1C(=O)NC2(CCCCC2)C1=O. The first kappa shape index (κ1) is 18.4. The average Bonchev–Trinajstić information content (AvgIpc) is 2.89. The highest BCUT2D eigenvalue weighted by atomic mass is 35.5. The number of amides is 4. The van der Waals surface area contributed by atoms with Crippen LogP contribution in [0.25, 0.3) is 10.9 Å². The largest absolute Gasteiger partial charge is 0.344 e. The predicted molar refractivity (Wildman–Crippen MR) is 100 cm³/mol. The van der Waals surface area contributed by atoms with Crippen LogP contribution in [-0.4, -0.2) is 37.9 Å². The second kappa shape index (κ2) is 6.90. The van der Waals surface area contributed by atoms with E-state index < -0.39 is 35.5 Å². The van der Waals surface area contributed by atoms with E-state index in [1.54, 1.807) is 12.1 Å². The number of nitrogens with one attached hydrogen (secondary N) is 2. The summed E-state index contributed by atoms with van der Waals surface area (Å²) in [6.07, 6.45) is 5.05. The van der Waals surface area contributed by atoms with E-state index in [2.05, 4.69) is 15.7 Å². The number of fused-ring (bicyclic) bond motifs is 1. The van der Waals surface area contributed by atoms with Crippen LogP contribution in [0.15, 0.2) is 29.3 Å². The van der Waals surface area contributed by atoms with Crippen molar-refractivity contribution in [2.45, 2.75) is 44.2 Å². The number of urea groups is 1. The van der Waals surface area contributed by atoms with Gasteiger partial charge in [0, 0.05) is 5.02 Å². The summed E-state index contributed by atoms with van der Waals surface area (Å²) in [5.74, 6) is -1.14. The van der Waals surface area contributed by atoms with Gasteiger partial charge < -0.3 is 5.32 Å². The molecular weight excluding hydrogens is 386 g/mol. The highest BCUT2D eigenvalue weighted by Crippen LogP contribution is 2.32. The Morgan fingerprint density at radius 3 is 2.71 bits per heavy atom. The Kier molecular flexibility index (Phi) is 4.54. The summed E-state index contributed by atoms with van der Waals surface area (Å²) < 4.78 is 1.10. The average molecular weight is 404 g/mol. The van der Waals surface area contributed by atoms with Crippen molar-refractivity contribution in [1.82, 2.24) is 25.3 Å². The molecule has 0 atom stereocenters. The molecule has 2 aromatic rings. The molecule has 146 valence electrons. The van der Waals surface area contributed by atoms with E-state index in [0.29, 0.717) is 28.4 Å². The third kappa shape index (κ3) is 3.11. The fourth-order valence-electron chi connectivity index (χ4n) is 3.77. The first-order valence-electron chi connectivity index (χ1n) is 9.00. The zero-order valence-corrected chi connectivity index (χ0v) is 15.7. The molecule has 2 N–H and O–H groups in total. The van der Waals surface area contributed by atoms with E-state index in [1.807, 2.05) is 0 Å². The van der Waals surface area contributed by atoms with E-state index in [0.717, 1.165) is 23.8 Å². The number of hydrogen-bond acceptors (Lipinski definition) is 5. The molecular formula is C18H18ClN5O4. The van der Waals surface area contributed by atoms with Crippen molar-refractivity contribution in [2.24, 2.45) is 0 Å². The number of carbonyl (C=O) groups excluding carboxylic acids is 3. The molecule has 28 heavy (non-hydrogen) atoms. The van der Waals surface area contributed by atoms with Gasteiger partial charge in [-0.3, -0.25) is 24.4 Å². The van der Waals surface area contributed by atoms with Gasteiger partial charge in [-0.2, -0.15) is 5.01 Å². The van der Waals surface area contributed by atoms with Gasteiger partial charge in [0.1, 0.15) is 12.1 Å². The van der Waals surface area contributed by atoms with Gasteiger partial charge >= 0.3 is 6.03 Å². The number of hydrazine groups is 1.